The average Bonchev–Trinajstić information content (AvgIpc) is 2.92. The molecule has 8 heteroatoms. The number of hydrogen-bond donors (Lipinski definition) is 1. The van der Waals surface area contributed by atoms with Gasteiger partial charge in [-0.1, -0.05) is 0 Å². The Morgan fingerprint density at radius 1 is 1.36 bits per heavy atom. The summed E-state index contributed by atoms with van der Waals surface area (Å²) in [5.74, 6) is 1.37. The second-order valence-electron chi connectivity index (χ2n) is 6.09. The highest BCUT2D eigenvalue weighted by molar-refractivity contribution is 5.91. The van der Waals surface area contributed by atoms with Crippen molar-refractivity contribution in [2.75, 3.05) is 42.9 Å². The standard InChI is InChI=1S/C17H21N7O/c1-13-10-15(22(2)21-13)20-16(25)12-23-6-8-24(9-7-23)17-14(11-18)4-3-5-19-17/h3-5,10H,6-9,12H2,1-2H3,(H,20,25). The van der Waals surface area contributed by atoms with Crippen LogP contribution < -0.4 is 10.2 Å². The number of nitriles is 1. The molecule has 1 fully saturated rings. The number of amides is 1. The minimum Gasteiger partial charge on any atom is -0.353 e. The van der Waals surface area contributed by atoms with Crippen molar-refractivity contribution >= 4 is 17.5 Å². The quantitative estimate of drug-likeness (QED) is 0.884. The Kier molecular flexibility index (Phi) is 4.95. The Morgan fingerprint density at radius 2 is 2.12 bits per heavy atom. The second-order valence-corrected chi connectivity index (χ2v) is 6.09. The van der Waals surface area contributed by atoms with E-state index in [0.29, 0.717) is 17.9 Å². The van der Waals surface area contributed by atoms with Gasteiger partial charge < -0.3 is 10.2 Å². The third-order valence-electron chi connectivity index (χ3n) is 4.22. The zero-order valence-electron chi connectivity index (χ0n) is 14.4. The number of piperazine rings is 1. The van der Waals surface area contributed by atoms with E-state index >= 15 is 0 Å². The largest absolute Gasteiger partial charge is 0.353 e. The van der Waals surface area contributed by atoms with Crippen LogP contribution in [0, 0.1) is 18.3 Å². The summed E-state index contributed by atoms with van der Waals surface area (Å²) in [5, 5.41) is 16.3. The molecule has 3 rings (SSSR count). The van der Waals surface area contributed by atoms with Gasteiger partial charge in [0.2, 0.25) is 5.91 Å². The number of anilines is 2. The third-order valence-corrected chi connectivity index (χ3v) is 4.22. The number of carbonyl (C=O) groups excluding carboxylic acids is 1. The molecule has 8 nitrogen and oxygen atoms in total. The van der Waals surface area contributed by atoms with Crippen molar-refractivity contribution in [2.24, 2.45) is 7.05 Å². The molecule has 1 amide bonds. The van der Waals surface area contributed by atoms with Crippen molar-refractivity contribution in [2.45, 2.75) is 6.92 Å². The second kappa shape index (κ2) is 7.32. The predicted octanol–water partition coefficient (Wildman–Crippen LogP) is 0.756. The van der Waals surface area contributed by atoms with Gasteiger partial charge in [0.1, 0.15) is 17.7 Å². The van der Waals surface area contributed by atoms with Crippen LogP contribution in [0.15, 0.2) is 24.4 Å². The van der Waals surface area contributed by atoms with E-state index in [4.69, 9.17) is 0 Å². The molecule has 1 aliphatic heterocycles. The molecule has 0 spiro atoms. The fourth-order valence-corrected chi connectivity index (χ4v) is 2.97. The minimum atomic E-state index is -0.0491. The van der Waals surface area contributed by atoms with Crippen LogP contribution in [-0.2, 0) is 11.8 Å². The first-order valence-electron chi connectivity index (χ1n) is 8.19. The zero-order chi connectivity index (χ0) is 17.8. The maximum Gasteiger partial charge on any atom is 0.239 e. The van der Waals surface area contributed by atoms with Gasteiger partial charge in [-0.05, 0) is 19.1 Å². The molecule has 2 aromatic rings. The summed E-state index contributed by atoms with van der Waals surface area (Å²) < 4.78 is 1.66. The molecule has 0 radical (unpaired) electrons. The Balaban J connectivity index is 1.53. The topological polar surface area (TPSA) is 90.1 Å². The van der Waals surface area contributed by atoms with E-state index in [9.17, 15) is 10.1 Å². The molecule has 1 aliphatic rings. The fourth-order valence-electron chi connectivity index (χ4n) is 2.97. The van der Waals surface area contributed by atoms with Crippen LogP contribution in [0.4, 0.5) is 11.6 Å². The molecule has 2 aromatic heterocycles. The lowest BCUT2D eigenvalue weighted by Crippen LogP contribution is -2.49. The molecule has 1 N–H and O–H groups in total. The van der Waals surface area contributed by atoms with Crippen molar-refractivity contribution in [1.29, 1.82) is 5.26 Å². The summed E-state index contributed by atoms with van der Waals surface area (Å²) in [4.78, 5) is 20.8. The van der Waals surface area contributed by atoms with Crippen LogP contribution in [0.3, 0.4) is 0 Å². The van der Waals surface area contributed by atoms with Crippen LogP contribution in [0.5, 0.6) is 0 Å². The number of hydrogen-bond acceptors (Lipinski definition) is 6. The number of aryl methyl sites for hydroxylation is 2. The summed E-state index contributed by atoms with van der Waals surface area (Å²) in [6, 6.07) is 7.57. The summed E-state index contributed by atoms with van der Waals surface area (Å²) in [7, 11) is 1.81. The van der Waals surface area contributed by atoms with Crippen molar-refractivity contribution in [3.8, 4) is 6.07 Å². The van der Waals surface area contributed by atoms with Crippen LogP contribution in [0.2, 0.25) is 0 Å². The van der Waals surface area contributed by atoms with E-state index in [1.807, 2.05) is 13.0 Å². The predicted molar refractivity (Wildman–Crippen MR) is 94.2 cm³/mol. The highest BCUT2D eigenvalue weighted by Gasteiger charge is 2.21. The van der Waals surface area contributed by atoms with E-state index < -0.39 is 0 Å². The van der Waals surface area contributed by atoms with Gasteiger partial charge in [0.15, 0.2) is 0 Å². The molecule has 130 valence electrons. The first-order valence-corrected chi connectivity index (χ1v) is 8.19. The first kappa shape index (κ1) is 16.9. The van der Waals surface area contributed by atoms with E-state index in [1.54, 1.807) is 30.1 Å². The van der Waals surface area contributed by atoms with Gasteiger partial charge in [0, 0.05) is 45.5 Å². The highest BCUT2D eigenvalue weighted by atomic mass is 16.2. The number of rotatable bonds is 4. The third kappa shape index (κ3) is 3.95. The lowest BCUT2D eigenvalue weighted by Gasteiger charge is -2.35. The maximum atomic E-state index is 12.2. The van der Waals surface area contributed by atoms with Crippen molar-refractivity contribution in [3.63, 3.8) is 0 Å². The number of carbonyl (C=O) groups is 1. The van der Waals surface area contributed by atoms with Gasteiger partial charge in [-0.3, -0.25) is 14.4 Å². The van der Waals surface area contributed by atoms with Crippen LogP contribution in [0.25, 0.3) is 0 Å². The molecule has 0 aliphatic carbocycles. The Hall–Kier alpha value is -2.92. The fraction of sp³-hybridized carbons (Fsp3) is 0.412. The molecular formula is C17H21N7O. The number of pyridine rings is 1. The lowest BCUT2D eigenvalue weighted by molar-refractivity contribution is -0.117. The lowest BCUT2D eigenvalue weighted by atomic mass is 10.2. The minimum absolute atomic E-state index is 0.0491. The molecule has 0 saturated carbocycles. The number of nitrogens with one attached hydrogen (secondary N) is 1. The zero-order valence-corrected chi connectivity index (χ0v) is 14.4. The van der Waals surface area contributed by atoms with E-state index in [-0.39, 0.29) is 5.91 Å². The SMILES string of the molecule is Cc1cc(NC(=O)CN2CCN(c3ncccc3C#N)CC2)n(C)n1. The smallest absolute Gasteiger partial charge is 0.239 e. The van der Waals surface area contributed by atoms with Crippen molar-refractivity contribution in [3.05, 3.63) is 35.7 Å². The van der Waals surface area contributed by atoms with E-state index in [1.165, 1.54) is 0 Å². The van der Waals surface area contributed by atoms with Crippen molar-refractivity contribution in [1.82, 2.24) is 19.7 Å². The van der Waals surface area contributed by atoms with Gasteiger partial charge in [-0.25, -0.2) is 4.98 Å². The molecule has 25 heavy (non-hydrogen) atoms. The Bertz CT molecular complexity index is 800. The monoisotopic (exact) mass is 339 g/mol. The Morgan fingerprint density at radius 3 is 2.76 bits per heavy atom. The van der Waals surface area contributed by atoms with Crippen LogP contribution in [0.1, 0.15) is 11.3 Å². The molecule has 0 atom stereocenters. The molecule has 0 bridgehead atoms. The molecule has 0 aromatic carbocycles. The summed E-state index contributed by atoms with van der Waals surface area (Å²) in [6.07, 6.45) is 1.70. The summed E-state index contributed by atoms with van der Waals surface area (Å²) >= 11 is 0. The van der Waals surface area contributed by atoms with Crippen molar-refractivity contribution < 1.29 is 4.79 Å². The van der Waals surface area contributed by atoms with Gasteiger partial charge in [-0.2, -0.15) is 10.4 Å². The maximum absolute atomic E-state index is 12.2. The first-order chi connectivity index (χ1) is 12.1. The Labute approximate surface area is 146 Å². The van der Waals surface area contributed by atoms with E-state index in [2.05, 4.69) is 31.3 Å². The molecule has 3 heterocycles. The molecule has 1 saturated heterocycles. The normalized spacial score (nSPS) is 15.0. The van der Waals surface area contributed by atoms with Gasteiger partial charge >= 0.3 is 0 Å². The molecule has 0 unspecified atom stereocenters. The van der Waals surface area contributed by atoms with Gasteiger partial charge in [0.25, 0.3) is 0 Å². The molecular weight excluding hydrogens is 318 g/mol. The highest BCUT2D eigenvalue weighted by Crippen LogP contribution is 2.18. The van der Waals surface area contributed by atoms with Crippen LogP contribution in [-0.4, -0.2) is 58.3 Å². The van der Waals surface area contributed by atoms with E-state index in [0.717, 1.165) is 37.7 Å². The summed E-state index contributed by atoms with van der Waals surface area (Å²) in [6.45, 7) is 5.21. The van der Waals surface area contributed by atoms with Gasteiger partial charge in [-0.15, -0.1) is 0 Å². The average molecular weight is 339 g/mol. The van der Waals surface area contributed by atoms with Gasteiger partial charge in [0.05, 0.1) is 17.8 Å². The number of aromatic nitrogens is 3. The van der Waals surface area contributed by atoms with Crippen LogP contribution >= 0.6 is 0 Å². The number of nitrogens with zero attached hydrogens (tertiary/aromatic N) is 6. The summed E-state index contributed by atoms with van der Waals surface area (Å²) in [5.41, 5.74) is 1.45.